The topological polar surface area (TPSA) is 62.3 Å². The van der Waals surface area contributed by atoms with Gasteiger partial charge in [-0.3, -0.25) is 14.6 Å². The summed E-state index contributed by atoms with van der Waals surface area (Å²) in [7, 11) is 0. The number of nitrogens with one attached hydrogen (secondary N) is 1. The number of benzene rings is 1. The van der Waals surface area contributed by atoms with Crippen LogP contribution >= 0.6 is 0 Å². The maximum Gasteiger partial charge on any atom is 0.256 e. The van der Waals surface area contributed by atoms with Gasteiger partial charge in [0.25, 0.3) is 5.91 Å². The Kier molecular flexibility index (Phi) is 3.82. The van der Waals surface area contributed by atoms with Gasteiger partial charge in [0.1, 0.15) is 11.9 Å². The van der Waals surface area contributed by atoms with Crippen molar-refractivity contribution in [2.24, 2.45) is 0 Å². The van der Waals surface area contributed by atoms with E-state index in [1.807, 2.05) is 0 Å². The number of hydrogen-bond donors (Lipinski definition) is 1. The minimum Gasteiger partial charge on any atom is -0.352 e. The highest BCUT2D eigenvalue weighted by Gasteiger charge is 2.36. The summed E-state index contributed by atoms with van der Waals surface area (Å²) in [4.78, 5) is 30.1. The molecule has 5 nitrogen and oxygen atoms in total. The molecule has 2 aromatic rings. The highest BCUT2D eigenvalue weighted by molar-refractivity contribution is 5.98. The number of hydrogen-bond acceptors (Lipinski definition) is 3. The van der Waals surface area contributed by atoms with Gasteiger partial charge in [0.2, 0.25) is 5.91 Å². The quantitative estimate of drug-likeness (QED) is 0.915. The van der Waals surface area contributed by atoms with Crippen LogP contribution in [0.4, 0.5) is 4.39 Å². The Hall–Kier alpha value is -2.76. The van der Waals surface area contributed by atoms with Crippen molar-refractivity contribution in [1.29, 1.82) is 0 Å². The van der Waals surface area contributed by atoms with Crippen molar-refractivity contribution in [3.05, 3.63) is 65.7 Å². The molecule has 0 aliphatic carbocycles. The first kappa shape index (κ1) is 14.2. The normalized spacial score (nSPS) is 18.0. The number of halogens is 1. The lowest BCUT2D eigenvalue weighted by atomic mass is 10.0. The van der Waals surface area contributed by atoms with Gasteiger partial charge in [0.15, 0.2) is 0 Å². The van der Waals surface area contributed by atoms with E-state index in [1.54, 1.807) is 30.5 Å². The summed E-state index contributed by atoms with van der Waals surface area (Å²) in [6.07, 6.45) is 3.00. The van der Waals surface area contributed by atoms with E-state index >= 15 is 0 Å². The molecule has 1 aromatic carbocycles. The van der Waals surface area contributed by atoms with E-state index in [0.29, 0.717) is 18.7 Å². The molecule has 2 heterocycles. The largest absolute Gasteiger partial charge is 0.352 e. The van der Waals surface area contributed by atoms with Gasteiger partial charge in [-0.15, -0.1) is 0 Å². The number of nitrogens with zero attached hydrogens (tertiary/aromatic N) is 2. The summed E-state index contributed by atoms with van der Waals surface area (Å²) in [6, 6.07) is 8.30. The molecule has 0 radical (unpaired) electrons. The van der Waals surface area contributed by atoms with Gasteiger partial charge in [-0.2, -0.15) is 0 Å². The Morgan fingerprint density at radius 2 is 2.09 bits per heavy atom. The molecule has 112 valence electrons. The van der Waals surface area contributed by atoms with Gasteiger partial charge in [-0.1, -0.05) is 18.2 Å². The van der Waals surface area contributed by atoms with Crippen LogP contribution in [0.3, 0.4) is 0 Å². The smallest absolute Gasteiger partial charge is 0.256 e. The standard InChI is InChI=1S/C16H14FN3O2/c17-13-6-2-1-5-12(13)14-15(21)19-8-9-20(14)16(22)11-4-3-7-18-10-11/h1-7,10,14H,8-9H2,(H,19,21). The van der Waals surface area contributed by atoms with Crippen LogP contribution in [-0.2, 0) is 4.79 Å². The molecule has 0 spiro atoms. The Morgan fingerprint density at radius 3 is 2.82 bits per heavy atom. The highest BCUT2D eigenvalue weighted by atomic mass is 19.1. The molecule has 3 rings (SSSR count). The van der Waals surface area contributed by atoms with Gasteiger partial charge in [-0.05, 0) is 18.2 Å². The molecule has 0 saturated carbocycles. The molecule has 1 aromatic heterocycles. The summed E-state index contributed by atoms with van der Waals surface area (Å²) in [5.41, 5.74) is 0.565. The summed E-state index contributed by atoms with van der Waals surface area (Å²) >= 11 is 0. The second-order valence-electron chi connectivity index (χ2n) is 4.96. The second kappa shape index (κ2) is 5.93. The SMILES string of the molecule is O=C1NCCN(C(=O)c2cccnc2)C1c1ccccc1F. The first-order valence-corrected chi connectivity index (χ1v) is 6.91. The highest BCUT2D eigenvalue weighted by Crippen LogP contribution is 2.27. The lowest BCUT2D eigenvalue weighted by molar-refractivity contribution is -0.128. The van der Waals surface area contributed by atoms with Crippen molar-refractivity contribution >= 4 is 11.8 Å². The molecule has 6 heteroatoms. The molecule has 1 fully saturated rings. The van der Waals surface area contributed by atoms with Gasteiger partial charge in [0, 0.05) is 31.0 Å². The van der Waals surface area contributed by atoms with Crippen LogP contribution in [0.25, 0.3) is 0 Å². The average molecular weight is 299 g/mol. The fourth-order valence-electron chi connectivity index (χ4n) is 2.55. The van der Waals surface area contributed by atoms with Crippen molar-refractivity contribution in [1.82, 2.24) is 15.2 Å². The molecule has 1 unspecified atom stereocenters. The van der Waals surface area contributed by atoms with Crippen molar-refractivity contribution < 1.29 is 14.0 Å². The predicted octanol–water partition coefficient (Wildman–Crippen LogP) is 1.53. The van der Waals surface area contributed by atoms with Crippen molar-refractivity contribution in [2.45, 2.75) is 6.04 Å². The van der Waals surface area contributed by atoms with Crippen molar-refractivity contribution in [2.75, 3.05) is 13.1 Å². The Labute approximate surface area is 126 Å². The molecule has 1 N–H and O–H groups in total. The van der Waals surface area contributed by atoms with Gasteiger partial charge >= 0.3 is 0 Å². The molecule has 1 saturated heterocycles. The average Bonchev–Trinajstić information content (AvgIpc) is 2.56. The summed E-state index contributed by atoms with van der Waals surface area (Å²) in [5, 5.41) is 2.68. The van der Waals surface area contributed by atoms with E-state index in [-0.39, 0.29) is 17.4 Å². The zero-order chi connectivity index (χ0) is 15.5. The second-order valence-corrected chi connectivity index (χ2v) is 4.96. The zero-order valence-corrected chi connectivity index (χ0v) is 11.7. The predicted molar refractivity (Wildman–Crippen MR) is 77.4 cm³/mol. The van der Waals surface area contributed by atoms with E-state index in [2.05, 4.69) is 10.3 Å². The van der Waals surface area contributed by atoms with E-state index in [4.69, 9.17) is 0 Å². The Balaban J connectivity index is 1.99. The van der Waals surface area contributed by atoms with Crippen molar-refractivity contribution in [3.8, 4) is 0 Å². The van der Waals surface area contributed by atoms with Crippen LogP contribution in [-0.4, -0.2) is 34.8 Å². The summed E-state index contributed by atoms with van der Waals surface area (Å²) in [5.74, 6) is -1.22. The van der Waals surface area contributed by atoms with Crippen LogP contribution in [0.2, 0.25) is 0 Å². The summed E-state index contributed by atoms with van der Waals surface area (Å²) in [6.45, 7) is 0.661. The van der Waals surface area contributed by atoms with E-state index < -0.39 is 11.9 Å². The number of rotatable bonds is 2. The molecule has 1 atom stereocenters. The van der Waals surface area contributed by atoms with E-state index in [0.717, 1.165) is 0 Å². The van der Waals surface area contributed by atoms with Gasteiger partial charge in [0.05, 0.1) is 5.56 Å². The lowest BCUT2D eigenvalue weighted by Crippen LogP contribution is -2.52. The number of aromatic nitrogens is 1. The number of carbonyl (C=O) groups excluding carboxylic acids is 2. The third-order valence-corrected chi connectivity index (χ3v) is 3.58. The first-order chi connectivity index (χ1) is 10.7. The van der Waals surface area contributed by atoms with E-state index in [9.17, 15) is 14.0 Å². The van der Waals surface area contributed by atoms with Gasteiger partial charge in [-0.25, -0.2) is 4.39 Å². The van der Waals surface area contributed by atoms with Crippen LogP contribution in [0, 0.1) is 5.82 Å². The molecule has 0 bridgehead atoms. The molecular formula is C16H14FN3O2. The van der Waals surface area contributed by atoms with Crippen LogP contribution in [0.15, 0.2) is 48.8 Å². The Bertz CT molecular complexity index is 706. The monoisotopic (exact) mass is 299 g/mol. The molecule has 22 heavy (non-hydrogen) atoms. The number of pyridine rings is 1. The zero-order valence-electron chi connectivity index (χ0n) is 11.7. The fourth-order valence-corrected chi connectivity index (χ4v) is 2.55. The molecular weight excluding hydrogens is 285 g/mol. The third-order valence-electron chi connectivity index (χ3n) is 3.58. The van der Waals surface area contributed by atoms with Crippen LogP contribution in [0.1, 0.15) is 22.0 Å². The van der Waals surface area contributed by atoms with Crippen LogP contribution in [0.5, 0.6) is 0 Å². The van der Waals surface area contributed by atoms with Crippen molar-refractivity contribution in [3.63, 3.8) is 0 Å². The lowest BCUT2D eigenvalue weighted by Gasteiger charge is -2.35. The molecule has 1 aliphatic heterocycles. The third kappa shape index (κ3) is 2.55. The van der Waals surface area contributed by atoms with Gasteiger partial charge < -0.3 is 10.2 Å². The Morgan fingerprint density at radius 1 is 1.27 bits per heavy atom. The molecule has 1 aliphatic rings. The van der Waals surface area contributed by atoms with E-state index in [1.165, 1.54) is 23.2 Å². The van der Waals surface area contributed by atoms with Crippen LogP contribution < -0.4 is 5.32 Å². The number of amides is 2. The first-order valence-electron chi connectivity index (χ1n) is 6.91. The molecule has 2 amide bonds. The minimum absolute atomic E-state index is 0.192. The summed E-state index contributed by atoms with van der Waals surface area (Å²) < 4.78 is 14.1. The number of piperazine rings is 1. The fraction of sp³-hybridized carbons (Fsp3) is 0.188. The maximum absolute atomic E-state index is 14.1. The number of carbonyl (C=O) groups is 2. The minimum atomic E-state index is -0.970. The maximum atomic E-state index is 14.1.